The van der Waals surface area contributed by atoms with Crippen molar-refractivity contribution in [3.63, 3.8) is 0 Å². The molecule has 0 aliphatic carbocycles. The van der Waals surface area contributed by atoms with E-state index in [-0.39, 0.29) is 17.0 Å². The molecule has 0 saturated carbocycles. The highest BCUT2D eigenvalue weighted by atomic mass is 19.1. The fourth-order valence-corrected chi connectivity index (χ4v) is 3.78. The molecule has 2 aromatic rings. The molecule has 1 unspecified atom stereocenters. The van der Waals surface area contributed by atoms with Crippen LogP contribution in [0.4, 0.5) is 8.78 Å². The first-order valence-electron chi connectivity index (χ1n) is 8.40. The fourth-order valence-electron chi connectivity index (χ4n) is 3.78. The largest absolute Gasteiger partial charge is 0.344 e. The van der Waals surface area contributed by atoms with Crippen molar-refractivity contribution in [2.75, 3.05) is 13.6 Å². The Morgan fingerprint density at radius 3 is 2.44 bits per heavy atom. The molecule has 1 atom stereocenters. The monoisotopic (exact) mass is 340 g/mol. The smallest absolute Gasteiger partial charge is 0.250 e. The molecule has 0 aromatic heterocycles. The number of aliphatic imine (C=N–C) groups is 1. The number of amides is 1. The number of benzene rings is 2. The number of likely N-dealkylation sites (N-methyl/N-ethyl adjacent to an activating group) is 1. The Balaban J connectivity index is 1.77. The summed E-state index contributed by atoms with van der Waals surface area (Å²) in [4.78, 5) is 18.7. The number of likely N-dealkylation sites (tertiary alicyclic amines) is 1. The molecule has 4 rings (SSSR count). The van der Waals surface area contributed by atoms with Crippen LogP contribution in [0.5, 0.6) is 0 Å². The van der Waals surface area contributed by atoms with Gasteiger partial charge in [-0.05, 0) is 25.3 Å². The van der Waals surface area contributed by atoms with Crippen molar-refractivity contribution in [2.45, 2.75) is 24.8 Å². The lowest BCUT2D eigenvalue weighted by Crippen LogP contribution is -2.35. The summed E-state index contributed by atoms with van der Waals surface area (Å²) in [5, 5.41) is 0. The number of nitrogens with zero attached hydrogens (tertiary/aromatic N) is 2. The van der Waals surface area contributed by atoms with E-state index in [0.717, 1.165) is 0 Å². The van der Waals surface area contributed by atoms with Gasteiger partial charge in [0.15, 0.2) is 0 Å². The second-order valence-electron chi connectivity index (χ2n) is 6.71. The van der Waals surface area contributed by atoms with Crippen molar-refractivity contribution in [1.82, 2.24) is 4.90 Å². The zero-order valence-corrected chi connectivity index (χ0v) is 13.9. The van der Waals surface area contributed by atoms with Gasteiger partial charge in [0, 0.05) is 36.0 Å². The third kappa shape index (κ3) is 2.46. The van der Waals surface area contributed by atoms with Gasteiger partial charge in [0.1, 0.15) is 17.2 Å². The fraction of sp³-hybridized carbons (Fsp3) is 0.300. The molecule has 1 saturated heterocycles. The SMILES string of the molecule is CN1CCC2(CCC(c3cccc(-c4ccccc4F)c3F)=N2)C1=O. The minimum atomic E-state index is -0.732. The highest BCUT2D eigenvalue weighted by Gasteiger charge is 2.48. The summed E-state index contributed by atoms with van der Waals surface area (Å²) in [7, 11) is 1.77. The van der Waals surface area contributed by atoms with E-state index in [9.17, 15) is 9.18 Å². The Kier molecular flexibility index (Phi) is 3.67. The van der Waals surface area contributed by atoms with Crippen molar-refractivity contribution >= 4 is 11.6 Å². The molecule has 25 heavy (non-hydrogen) atoms. The molecule has 0 N–H and O–H groups in total. The van der Waals surface area contributed by atoms with E-state index in [2.05, 4.69) is 4.99 Å². The zero-order valence-electron chi connectivity index (χ0n) is 13.9. The number of carbonyl (C=O) groups excluding carboxylic acids is 1. The second kappa shape index (κ2) is 5.76. The molecule has 3 nitrogen and oxygen atoms in total. The standard InChI is InChI=1S/C20H18F2N2O/c1-24-12-11-20(19(24)25)10-9-17(23-20)15-7-4-6-14(18(15)22)13-5-2-3-8-16(13)21/h2-8H,9-12H2,1H3. The lowest BCUT2D eigenvalue weighted by atomic mass is 9.94. The Bertz CT molecular complexity index is 893. The van der Waals surface area contributed by atoms with Crippen LogP contribution < -0.4 is 0 Å². The molecule has 2 aliphatic heterocycles. The third-order valence-corrected chi connectivity index (χ3v) is 5.20. The van der Waals surface area contributed by atoms with Gasteiger partial charge < -0.3 is 4.90 Å². The maximum atomic E-state index is 15.1. The maximum Gasteiger partial charge on any atom is 0.250 e. The summed E-state index contributed by atoms with van der Waals surface area (Å²) >= 11 is 0. The van der Waals surface area contributed by atoms with Gasteiger partial charge in [0.2, 0.25) is 5.91 Å². The van der Waals surface area contributed by atoms with Crippen molar-refractivity contribution in [3.05, 3.63) is 59.7 Å². The summed E-state index contributed by atoms with van der Waals surface area (Å²) in [6.45, 7) is 0.674. The van der Waals surface area contributed by atoms with E-state index < -0.39 is 17.2 Å². The predicted molar refractivity (Wildman–Crippen MR) is 92.6 cm³/mol. The summed E-state index contributed by atoms with van der Waals surface area (Å²) < 4.78 is 29.1. The van der Waals surface area contributed by atoms with Crippen LogP contribution in [0.3, 0.4) is 0 Å². The first kappa shape index (κ1) is 15.9. The van der Waals surface area contributed by atoms with Crippen LogP contribution in [0.2, 0.25) is 0 Å². The van der Waals surface area contributed by atoms with E-state index >= 15 is 4.39 Å². The molecule has 0 radical (unpaired) electrons. The van der Waals surface area contributed by atoms with Crippen LogP contribution in [-0.2, 0) is 4.79 Å². The van der Waals surface area contributed by atoms with Crippen molar-refractivity contribution in [3.8, 4) is 11.1 Å². The molecule has 1 fully saturated rings. The minimum absolute atomic E-state index is 0.00756. The first-order chi connectivity index (χ1) is 12.0. The van der Waals surface area contributed by atoms with Crippen LogP contribution in [0.1, 0.15) is 24.8 Å². The topological polar surface area (TPSA) is 32.7 Å². The van der Waals surface area contributed by atoms with Gasteiger partial charge in [0.05, 0.1) is 0 Å². The van der Waals surface area contributed by atoms with Crippen molar-refractivity contribution < 1.29 is 13.6 Å². The van der Waals surface area contributed by atoms with E-state index in [0.29, 0.717) is 37.1 Å². The predicted octanol–water partition coefficient (Wildman–Crippen LogP) is 3.82. The van der Waals surface area contributed by atoms with E-state index in [1.54, 1.807) is 48.3 Å². The maximum absolute atomic E-state index is 15.1. The summed E-state index contributed by atoms with van der Waals surface area (Å²) in [5.41, 5.74) is 0.671. The second-order valence-corrected chi connectivity index (χ2v) is 6.71. The Morgan fingerprint density at radius 2 is 1.72 bits per heavy atom. The number of carbonyl (C=O) groups is 1. The van der Waals surface area contributed by atoms with Gasteiger partial charge in [-0.2, -0.15) is 0 Å². The molecule has 2 aromatic carbocycles. The van der Waals surface area contributed by atoms with Crippen molar-refractivity contribution in [2.24, 2.45) is 4.99 Å². The molecule has 5 heteroatoms. The van der Waals surface area contributed by atoms with Gasteiger partial charge in [-0.15, -0.1) is 0 Å². The average molecular weight is 340 g/mol. The van der Waals surface area contributed by atoms with Gasteiger partial charge in [-0.3, -0.25) is 9.79 Å². The lowest BCUT2D eigenvalue weighted by Gasteiger charge is -2.17. The Labute approximate surface area is 145 Å². The van der Waals surface area contributed by atoms with E-state index in [1.165, 1.54) is 6.07 Å². The summed E-state index contributed by atoms with van der Waals surface area (Å²) in [6.07, 6.45) is 1.83. The number of halogens is 2. The molecule has 2 aliphatic rings. The van der Waals surface area contributed by atoms with Crippen molar-refractivity contribution in [1.29, 1.82) is 0 Å². The minimum Gasteiger partial charge on any atom is -0.344 e. The van der Waals surface area contributed by atoms with Crippen LogP contribution >= 0.6 is 0 Å². The molecule has 128 valence electrons. The Morgan fingerprint density at radius 1 is 1.00 bits per heavy atom. The molecular weight excluding hydrogens is 322 g/mol. The summed E-state index contributed by atoms with van der Waals surface area (Å²) in [6, 6.07) is 11.1. The van der Waals surface area contributed by atoms with Gasteiger partial charge in [-0.1, -0.05) is 36.4 Å². The highest BCUT2D eigenvalue weighted by Crippen LogP contribution is 2.38. The number of rotatable bonds is 2. The number of hydrogen-bond donors (Lipinski definition) is 0. The molecule has 2 heterocycles. The van der Waals surface area contributed by atoms with Gasteiger partial charge in [0.25, 0.3) is 0 Å². The number of hydrogen-bond acceptors (Lipinski definition) is 2. The van der Waals surface area contributed by atoms with Gasteiger partial charge >= 0.3 is 0 Å². The molecule has 1 amide bonds. The zero-order chi connectivity index (χ0) is 17.6. The first-order valence-corrected chi connectivity index (χ1v) is 8.40. The van der Waals surface area contributed by atoms with Gasteiger partial charge in [-0.25, -0.2) is 8.78 Å². The molecule has 0 bridgehead atoms. The third-order valence-electron chi connectivity index (χ3n) is 5.20. The van der Waals surface area contributed by atoms with Crippen LogP contribution in [-0.4, -0.2) is 35.7 Å². The highest BCUT2D eigenvalue weighted by molar-refractivity contribution is 6.06. The molecular formula is C20H18F2N2O. The molecule has 1 spiro atoms. The van der Waals surface area contributed by atoms with E-state index in [4.69, 9.17) is 0 Å². The van der Waals surface area contributed by atoms with Crippen LogP contribution in [0.15, 0.2) is 47.5 Å². The average Bonchev–Trinajstić information content (AvgIpc) is 3.16. The Hall–Kier alpha value is -2.56. The quantitative estimate of drug-likeness (QED) is 0.818. The van der Waals surface area contributed by atoms with Crippen LogP contribution in [0.25, 0.3) is 11.1 Å². The van der Waals surface area contributed by atoms with E-state index in [1.807, 2.05) is 0 Å². The van der Waals surface area contributed by atoms with Crippen LogP contribution in [0, 0.1) is 11.6 Å². The summed E-state index contributed by atoms with van der Waals surface area (Å²) in [5.74, 6) is -0.939. The normalized spacial score (nSPS) is 22.8. The lowest BCUT2D eigenvalue weighted by molar-refractivity contribution is -0.130.